The molecule has 0 saturated heterocycles. The zero-order chi connectivity index (χ0) is 14.4. The van der Waals surface area contributed by atoms with Crippen LogP contribution in [0.3, 0.4) is 0 Å². The summed E-state index contributed by atoms with van der Waals surface area (Å²) in [6.07, 6.45) is 10.1. The average molecular weight is 339 g/mol. The number of hydrogen-bond acceptors (Lipinski definition) is 1. The molecular formula is C18H27BrO. The largest absolute Gasteiger partial charge is 0.491 e. The normalized spacial score (nSPS) is 18.8. The van der Waals surface area contributed by atoms with Crippen LogP contribution >= 0.6 is 15.9 Å². The number of alkyl halides is 1. The maximum Gasteiger partial charge on any atom is 0.119 e. The molecule has 0 spiro atoms. The third-order valence-electron chi connectivity index (χ3n) is 4.13. The lowest BCUT2D eigenvalue weighted by Crippen LogP contribution is -2.06. The van der Waals surface area contributed by atoms with Gasteiger partial charge in [-0.15, -0.1) is 0 Å². The first kappa shape index (κ1) is 15.9. The summed E-state index contributed by atoms with van der Waals surface area (Å²) in [5.41, 5.74) is 1.38. The van der Waals surface area contributed by atoms with Gasteiger partial charge in [-0.3, -0.25) is 0 Å². The molecule has 1 saturated carbocycles. The molecule has 0 amide bonds. The van der Waals surface area contributed by atoms with E-state index in [1.165, 1.54) is 50.5 Å². The van der Waals surface area contributed by atoms with Crippen molar-refractivity contribution in [3.63, 3.8) is 0 Å². The van der Waals surface area contributed by atoms with E-state index in [1.807, 2.05) is 0 Å². The van der Waals surface area contributed by atoms with E-state index in [1.54, 1.807) is 0 Å². The first-order chi connectivity index (χ1) is 9.65. The molecule has 0 aliphatic heterocycles. The predicted molar refractivity (Wildman–Crippen MR) is 89.7 cm³/mol. The van der Waals surface area contributed by atoms with Crippen LogP contribution in [0.15, 0.2) is 24.3 Å². The SMILES string of the molecule is CC(C)Oc1ccc(C(Br)CC2CCCCCC2)cc1. The standard InChI is InChI=1S/C18H27BrO/c1-14(2)20-17-11-9-16(10-12-17)18(19)13-15-7-5-3-4-6-8-15/h9-12,14-15,18H,3-8,13H2,1-2H3. The highest BCUT2D eigenvalue weighted by atomic mass is 79.9. The van der Waals surface area contributed by atoms with Crippen LogP contribution in [0.1, 0.15) is 69.2 Å². The van der Waals surface area contributed by atoms with E-state index in [4.69, 9.17) is 4.74 Å². The van der Waals surface area contributed by atoms with Gasteiger partial charge in [0.25, 0.3) is 0 Å². The summed E-state index contributed by atoms with van der Waals surface area (Å²) in [5, 5.41) is 0. The average Bonchev–Trinajstić information content (AvgIpc) is 2.67. The molecule has 20 heavy (non-hydrogen) atoms. The minimum atomic E-state index is 0.242. The first-order valence-electron chi connectivity index (χ1n) is 8.06. The van der Waals surface area contributed by atoms with E-state index >= 15 is 0 Å². The Morgan fingerprint density at radius 2 is 1.65 bits per heavy atom. The Morgan fingerprint density at radius 3 is 2.20 bits per heavy atom. The van der Waals surface area contributed by atoms with Gasteiger partial charge in [0.05, 0.1) is 6.10 Å². The fourth-order valence-corrected chi connectivity index (χ4v) is 3.89. The summed E-state index contributed by atoms with van der Waals surface area (Å²) < 4.78 is 5.70. The highest BCUT2D eigenvalue weighted by Crippen LogP contribution is 2.36. The van der Waals surface area contributed by atoms with Crippen LogP contribution in [-0.4, -0.2) is 6.10 Å². The highest BCUT2D eigenvalue weighted by Gasteiger charge is 2.17. The van der Waals surface area contributed by atoms with Gasteiger partial charge in [0.15, 0.2) is 0 Å². The van der Waals surface area contributed by atoms with Crippen LogP contribution in [-0.2, 0) is 0 Å². The maximum absolute atomic E-state index is 5.70. The van der Waals surface area contributed by atoms with Gasteiger partial charge in [-0.1, -0.05) is 66.6 Å². The van der Waals surface area contributed by atoms with Crippen molar-refractivity contribution >= 4 is 15.9 Å². The molecule has 0 aromatic heterocycles. The zero-order valence-electron chi connectivity index (χ0n) is 12.8. The summed E-state index contributed by atoms with van der Waals surface area (Å²) in [4.78, 5) is 0.485. The number of benzene rings is 1. The summed E-state index contributed by atoms with van der Waals surface area (Å²) in [5.74, 6) is 1.87. The summed E-state index contributed by atoms with van der Waals surface area (Å²) in [6.45, 7) is 4.13. The highest BCUT2D eigenvalue weighted by molar-refractivity contribution is 9.09. The van der Waals surface area contributed by atoms with Gasteiger partial charge in [0.2, 0.25) is 0 Å². The van der Waals surface area contributed by atoms with Crippen LogP contribution in [0.5, 0.6) is 5.75 Å². The van der Waals surface area contributed by atoms with E-state index in [9.17, 15) is 0 Å². The third kappa shape index (κ3) is 5.12. The summed E-state index contributed by atoms with van der Waals surface area (Å²) in [6, 6.07) is 8.59. The quantitative estimate of drug-likeness (QED) is 0.454. The van der Waals surface area contributed by atoms with Crippen molar-refractivity contribution in [2.45, 2.75) is 69.7 Å². The molecule has 1 aliphatic rings. The molecule has 112 valence electrons. The molecule has 2 heteroatoms. The Balaban J connectivity index is 1.89. The Hall–Kier alpha value is -0.500. The smallest absolute Gasteiger partial charge is 0.119 e. The minimum absolute atomic E-state index is 0.242. The number of ether oxygens (including phenoxy) is 1. The van der Waals surface area contributed by atoms with Crippen LogP contribution in [0.2, 0.25) is 0 Å². The Kier molecular flexibility index (Phi) is 6.41. The summed E-state index contributed by atoms with van der Waals surface area (Å²) in [7, 11) is 0. The fraction of sp³-hybridized carbons (Fsp3) is 0.667. The number of hydrogen-bond donors (Lipinski definition) is 0. The summed E-state index contributed by atoms with van der Waals surface area (Å²) >= 11 is 3.88. The number of halogens is 1. The molecule has 1 aliphatic carbocycles. The lowest BCUT2D eigenvalue weighted by Gasteiger charge is -2.19. The second-order valence-electron chi connectivity index (χ2n) is 6.30. The topological polar surface area (TPSA) is 9.23 Å². The molecule has 1 atom stereocenters. The number of rotatable bonds is 5. The van der Waals surface area contributed by atoms with Crippen molar-refractivity contribution in [1.82, 2.24) is 0 Å². The van der Waals surface area contributed by atoms with Crippen LogP contribution in [0.25, 0.3) is 0 Å². The Labute approximate surface area is 132 Å². The Morgan fingerprint density at radius 1 is 1.05 bits per heavy atom. The lowest BCUT2D eigenvalue weighted by atomic mass is 9.93. The lowest BCUT2D eigenvalue weighted by molar-refractivity contribution is 0.242. The van der Waals surface area contributed by atoms with Gasteiger partial charge < -0.3 is 4.74 Å². The van der Waals surface area contributed by atoms with Gasteiger partial charge in [0, 0.05) is 4.83 Å². The third-order valence-corrected chi connectivity index (χ3v) is 5.03. The predicted octanol–water partition coefficient (Wildman–Crippen LogP) is 6.27. The molecule has 2 rings (SSSR count). The molecule has 1 unspecified atom stereocenters. The first-order valence-corrected chi connectivity index (χ1v) is 8.97. The molecule has 0 bridgehead atoms. The molecule has 1 fully saturated rings. The van der Waals surface area contributed by atoms with Gasteiger partial charge in [0.1, 0.15) is 5.75 Å². The zero-order valence-corrected chi connectivity index (χ0v) is 14.4. The van der Waals surface area contributed by atoms with Crippen molar-refractivity contribution in [2.75, 3.05) is 0 Å². The monoisotopic (exact) mass is 338 g/mol. The molecule has 1 aromatic carbocycles. The van der Waals surface area contributed by atoms with E-state index in [-0.39, 0.29) is 6.10 Å². The molecule has 1 aromatic rings. The van der Waals surface area contributed by atoms with Crippen molar-refractivity contribution < 1.29 is 4.74 Å². The van der Waals surface area contributed by atoms with Gasteiger partial charge in [-0.05, 0) is 43.9 Å². The van der Waals surface area contributed by atoms with E-state index < -0.39 is 0 Å². The fourth-order valence-electron chi connectivity index (χ4n) is 3.06. The minimum Gasteiger partial charge on any atom is -0.491 e. The molecular weight excluding hydrogens is 312 g/mol. The second-order valence-corrected chi connectivity index (χ2v) is 7.40. The maximum atomic E-state index is 5.70. The molecule has 0 N–H and O–H groups in total. The van der Waals surface area contributed by atoms with Gasteiger partial charge in [-0.2, -0.15) is 0 Å². The van der Waals surface area contributed by atoms with E-state index in [0.717, 1.165) is 11.7 Å². The van der Waals surface area contributed by atoms with Crippen molar-refractivity contribution in [3.05, 3.63) is 29.8 Å². The molecule has 1 nitrogen and oxygen atoms in total. The van der Waals surface area contributed by atoms with Crippen molar-refractivity contribution in [1.29, 1.82) is 0 Å². The van der Waals surface area contributed by atoms with Gasteiger partial charge >= 0.3 is 0 Å². The van der Waals surface area contributed by atoms with E-state index in [2.05, 4.69) is 54.0 Å². The van der Waals surface area contributed by atoms with Gasteiger partial charge in [-0.25, -0.2) is 0 Å². The molecule has 0 radical (unpaired) electrons. The van der Waals surface area contributed by atoms with Crippen LogP contribution < -0.4 is 4.74 Å². The molecule has 0 heterocycles. The van der Waals surface area contributed by atoms with Crippen LogP contribution in [0, 0.1) is 5.92 Å². The van der Waals surface area contributed by atoms with Crippen LogP contribution in [0.4, 0.5) is 0 Å². The second kappa shape index (κ2) is 8.07. The van der Waals surface area contributed by atoms with E-state index in [0.29, 0.717) is 4.83 Å². The van der Waals surface area contributed by atoms with Crippen molar-refractivity contribution in [3.8, 4) is 5.75 Å². The Bertz CT molecular complexity index is 377. The van der Waals surface area contributed by atoms with Crippen molar-refractivity contribution in [2.24, 2.45) is 5.92 Å².